The maximum absolute atomic E-state index is 13.4. The van der Waals surface area contributed by atoms with Crippen LogP contribution in [0.4, 0.5) is 0 Å². The van der Waals surface area contributed by atoms with Crippen molar-refractivity contribution in [2.45, 2.75) is 32.4 Å². The monoisotopic (exact) mass is 362 g/mol. The van der Waals surface area contributed by atoms with Gasteiger partial charge in [-0.2, -0.15) is 0 Å². The van der Waals surface area contributed by atoms with Crippen LogP contribution in [0, 0.1) is 0 Å². The van der Waals surface area contributed by atoms with Crippen LogP contribution in [0.3, 0.4) is 0 Å². The number of amides is 1. The Morgan fingerprint density at radius 3 is 2.67 bits per heavy atom. The third-order valence-electron chi connectivity index (χ3n) is 5.33. The van der Waals surface area contributed by atoms with Gasteiger partial charge in [0.15, 0.2) is 0 Å². The molecule has 0 spiro atoms. The van der Waals surface area contributed by atoms with Crippen LogP contribution >= 0.6 is 0 Å². The average molecular weight is 362 g/mol. The van der Waals surface area contributed by atoms with Crippen LogP contribution in [0.25, 0.3) is 10.9 Å². The molecule has 3 aromatic rings. The van der Waals surface area contributed by atoms with Crippen molar-refractivity contribution in [2.24, 2.45) is 0 Å². The summed E-state index contributed by atoms with van der Waals surface area (Å²) in [6.45, 7) is 4.89. The Bertz CT molecular complexity index is 911. The maximum Gasteiger partial charge on any atom is 0.270 e. The molecule has 1 aliphatic heterocycles. The largest absolute Gasteiger partial charge is 0.376 e. The van der Waals surface area contributed by atoms with Gasteiger partial charge >= 0.3 is 0 Å². The van der Waals surface area contributed by atoms with Crippen molar-refractivity contribution in [1.82, 2.24) is 9.47 Å². The molecule has 1 fully saturated rings. The highest BCUT2D eigenvalue weighted by Crippen LogP contribution is 2.23. The molecule has 1 aromatic heterocycles. The van der Waals surface area contributed by atoms with Crippen molar-refractivity contribution in [3.8, 4) is 0 Å². The first-order valence-electron chi connectivity index (χ1n) is 9.79. The highest BCUT2D eigenvalue weighted by Gasteiger charge is 2.25. The summed E-state index contributed by atoms with van der Waals surface area (Å²) >= 11 is 0. The molecule has 1 atom stereocenters. The number of hydrogen-bond donors (Lipinski definition) is 0. The van der Waals surface area contributed by atoms with Crippen LogP contribution in [0.1, 0.15) is 35.8 Å². The van der Waals surface area contributed by atoms with Gasteiger partial charge in [-0.1, -0.05) is 48.5 Å². The fourth-order valence-electron chi connectivity index (χ4n) is 3.88. The first-order valence-corrected chi connectivity index (χ1v) is 9.79. The molecule has 27 heavy (non-hydrogen) atoms. The number of carbonyl (C=O) groups excluding carboxylic acids is 1. The number of nitrogens with zero attached hydrogens (tertiary/aromatic N) is 2. The summed E-state index contributed by atoms with van der Waals surface area (Å²) in [7, 11) is 0. The molecule has 2 aromatic carbocycles. The second kappa shape index (κ2) is 7.97. The molecule has 1 saturated heterocycles. The first-order chi connectivity index (χ1) is 13.3. The standard InChI is InChI=1S/C23H26N2O2/c1-2-24(17-20-12-8-14-27-20)23(26)22-15-19-11-6-7-13-21(19)25(22)16-18-9-4-3-5-10-18/h3-7,9-11,13,15,20H,2,8,12,14,16-17H2,1H3. The van der Waals surface area contributed by atoms with Gasteiger partial charge in [0.1, 0.15) is 5.69 Å². The lowest BCUT2D eigenvalue weighted by Gasteiger charge is -2.24. The van der Waals surface area contributed by atoms with E-state index in [2.05, 4.69) is 28.8 Å². The fraction of sp³-hybridized carbons (Fsp3) is 0.348. The number of rotatable bonds is 6. The zero-order valence-electron chi connectivity index (χ0n) is 15.8. The molecule has 4 rings (SSSR count). The number of likely N-dealkylation sites (N-methyl/N-ethyl adjacent to an activating group) is 1. The van der Waals surface area contributed by atoms with Crippen LogP contribution in [0.2, 0.25) is 0 Å². The summed E-state index contributed by atoms with van der Waals surface area (Å²) in [6.07, 6.45) is 2.29. The minimum Gasteiger partial charge on any atom is -0.376 e. The number of fused-ring (bicyclic) bond motifs is 1. The van der Waals surface area contributed by atoms with E-state index in [0.717, 1.165) is 36.0 Å². The van der Waals surface area contributed by atoms with E-state index >= 15 is 0 Å². The van der Waals surface area contributed by atoms with Gasteiger partial charge in [-0.3, -0.25) is 4.79 Å². The van der Waals surface area contributed by atoms with Crippen LogP contribution < -0.4 is 0 Å². The predicted octanol–water partition coefficient (Wildman–Crippen LogP) is 4.33. The molecule has 1 aliphatic rings. The number of benzene rings is 2. The minimum atomic E-state index is 0.0835. The van der Waals surface area contributed by atoms with Crippen molar-refractivity contribution in [1.29, 1.82) is 0 Å². The minimum absolute atomic E-state index is 0.0835. The number of hydrogen-bond acceptors (Lipinski definition) is 2. The molecule has 140 valence electrons. The Morgan fingerprint density at radius 2 is 1.93 bits per heavy atom. The molecule has 0 saturated carbocycles. The third kappa shape index (κ3) is 3.76. The Morgan fingerprint density at radius 1 is 1.15 bits per heavy atom. The number of para-hydroxylation sites is 1. The zero-order chi connectivity index (χ0) is 18.6. The molecule has 1 amide bonds. The molecule has 0 aliphatic carbocycles. The average Bonchev–Trinajstić information content (AvgIpc) is 3.35. The SMILES string of the molecule is CCN(CC1CCCO1)C(=O)c1cc2ccccc2n1Cc1ccccc1. The van der Waals surface area contributed by atoms with E-state index in [-0.39, 0.29) is 12.0 Å². The highest BCUT2D eigenvalue weighted by molar-refractivity contribution is 5.98. The smallest absolute Gasteiger partial charge is 0.270 e. The molecule has 2 heterocycles. The summed E-state index contributed by atoms with van der Waals surface area (Å²) < 4.78 is 7.90. The normalized spacial score (nSPS) is 16.7. The lowest BCUT2D eigenvalue weighted by Crippen LogP contribution is -2.38. The summed E-state index contributed by atoms with van der Waals surface area (Å²) in [4.78, 5) is 15.3. The Hall–Kier alpha value is -2.59. The number of ether oxygens (including phenoxy) is 1. The molecular weight excluding hydrogens is 336 g/mol. The van der Waals surface area contributed by atoms with E-state index in [0.29, 0.717) is 19.6 Å². The van der Waals surface area contributed by atoms with Gasteiger partial charge < -0.3 is 14.2 Å². The van der Waals surface area contributed by atoms with Crippen molar-refractivity contribution >= 4 is 16.8 Å². The maximum atomic E-state index is 13.4. The fourth-order valence-corrected chi connectivity index (χ4v) is 3.88. The molecule has 0 bridgehead atoms. The second-order valence-electron chi connectivity index (χ2n) is 7.14. The van der Waals surface area contributed by atoms with Crippen molar-refractivity contribution in [3.05, 3.63) is 71.9 Å². The van der Waals surface area contributed by atoms with Gasteiger partial charge in [0.05, 0.1) is 6.10 Å². The Balaban J connectivity index is 1.68. The number of carbonyl (C=O) groups is 1. The molecule has 4 heteroatoms. The molecule has 1 unspecified atom stereocenters. The van der Waals surface area contributed by atoms with Gasteiger partial charge in [0, 0.05) is 37.1 Å². The van der Waals surface area contributed by atoms with Crippen molar-refractivity contribution in [3.63, 3.8) is 0 Å². The number of aromatic nitrogens is 1. The van der Waals surface area contributed by atoms with E-state index in [4.69, 9.17) is 4.74 Å². The summed E-state index contributed by atoms with van der Waals surface area (Å²) in [5, 5.41) is 1.10. The third-order valence-corrected chi connectivity index (χ3v) is 5.33. The summed E-state index contributed by atoms with van der Waals surface area (Å²) in [5.74, 6) is 0.0835. The van der Waals surface area contributed by atoms with Gasteiger partial charge in [-0.05, 0) is 37.5 Å². The zero-order valence-corrected chi connectivity index (χ0v) is 15.8. The van der Waals surface area contributed by atoms with Gasteiger partial charge in [0.2, 0.25) is 0 Å². The Kier molecular flexibility index (Phi) is 5.26. The van der Waals surface area contributed by atoms with Crippen LogP contribution in [-0.4, -0.2) is 41.2 Å². The Labute approximate surface area is 160 Å². The molecule has 0 N–H and O–H groups in total. The summed E-state index contributed by atoms with van der Waals surface area (Å²) in [5.41, 5.74) is 3.04. The highest BCUT2D eigenvalue weighted by atomic mass is 16.5. The summed E-state index contributed by atoms with van der Waals surface area (Å²) in [6, 6.07) is 20.5. The van der Waals surface area contributed by atoms with Crippen LogP contribution in [-0.2, 0) is 11.3 Å². The van der Waals surface area contributed by atoms with Crippen LogP contribution in [0.15, 0.2) is 60.7 Å². The second-order valence-corrected chi connectivity index (χ2v) is 7.14. The van der Waals surface area contributed by atoms with E-state index in [1.165, 1.54) is 5.56 Å². The van der Waals surface area contributed by atoms with E-state index in [1.807, 2.05) is 48.2 Å². The van der Waals surface area contributed by atoms with E-state index in [9.17, 15) is 4.79 Å². The van der Waals surface area contributed by atoms with Gasteiger partial charge in [0.25, 0.3) is 5.91 Å². The van der Waals surface area contributed by atoms with Gasteiger partial charge in [-0.15, -0.1) is 0 Å². The quantitative estimate of drug-likeness (QED) is 0.654. The molecular formula is C23H26N2O2. The lowest BCUT2D eigenvalue weighted by molar-refractivity contribution is 0.0532. The molecule has 4 nitrogen and oxygen atoms in total. The van der Waals surface area contributed by atoms with Crippen LogP contribution in [0.5, 0.6) is 0 Å². The van der Waals surface area contributed by atoms with E-state index < -0.39 is 0 Å². The van der Waals surface area contributed by atoms with Crippen molar-refractivity contribution in [2.75, 3.05) is 19.7 Å². The first kappa shape index (κ1) is 17.8. The van der Waals surface area contributed by atoms with E-state index in [1.54, 1.807) is 0 Å². The van der Waals surface area contributed by atoms with Gasteiger partial charge in [-0.25, -0.2) is 0 Å². The lowest BCUT2D eigenvalue weighted by atomic mass is 10.2. The molecule has 0 radical (unpaired) electrons. The predicted molar refractivity (Wildman–Crippen MR) is 108 cm³/mol. The topological polar surface area (TPSA) is 34.5 Å². The van der Waals surface area contributed by atoms with Crippen molar-refractivity contribution < 1.29 is 9.53 Å².